The van der Waals surface area contributed by atoms with Crippen molar-refractivity contribution in [2.24, 2.45) is 0 Å². The predicted molar refractivity (Wildman–Crippen MR) is 161 cm³/mol. The smallest absolute Gasteiger partial charge is 0.231 e. The van der Waals surface area contributed by atoms with E-state index in [1.807, 2.05) is 54.0 Å². The van der Waals surface area contributed by atoms with Gasteiger partial charge >= 0.3 is 0 Å². The average Bonchev–Trinajstić information content (AvgIpc) is 3.25. The third kappa shape index (κ3) is 7.73. The molecule has 2 heterocycles. The van der Waals surface area contributed by atoms with E-state index in [4.69, 9.17) is 4.74 Å². The number of methoxy groups -OCH3 is 1. The van der Waals surface area contributed by atoms with Gasteiger partial charge in [0, 0.05) is 45.2 Å². The van der Waals surface area contributed by atoms with Gasteiger partial charge in [-0.05, 0) is 69.9 Å². The Hall–Kier alpha value is -3.72. The molecule has 0 fully saturated rings. The molecule has 0 spiro atoms. The van der Waals surface area contributed by atoms with Gasteiger partial charge in [-0.2, -0.15) is 5.10 Å². The fourth-order valence-corrected chi connectivity index (χ4v) is 5.55. The van der Waals surface area contributed by atoms with Gasteiger partial charge in [0.2, 0.25) is 11.8 Å². The van der Waals surface area contributed by atoms with Gasteiger partial charge in [0.15, 0.2) is 0 Å². The molecule has 0 radical (unpaired) electrons. The van der Waals surface area contributed by atoms with Gasteiger partial charge in [0.1, 0.15) is 17.4 Å². The lowest BCUT2D eigenvalue weighted by Crippen LogP contribution is -2.41. The van der Waals surface area contributed by atoms with Crippen LogP contribution in [0.2, 0.25) is 0 Å². The van der Waals surface area contributed by atoms with Crippen molar-refractivity contribution in [3.8, 4) is 5.75 Å². The first-order valence-electron chi connectivity index (χ1n) is 14.6. The molecular weight excluding hydrogens is 516 g/mol. The number of hydrogen-bond donors (Lipinski definition) is 0. The van der Waals surface area contributed by atoms with Crippen molar-refractivity contribution in [3.63, 3.8) is 0 Å². The number of carbonyl (C=O) groups is 2. The van der Waals surface area contributed by atoms with Crippen LogP contribution in [0.4, 0.5) is 5.69 Å². The molecule has 220 valence electrons. The predicted octanol–water partition coefficient (Wildman–Crippen LogP) is 4.32. The fourth-order valence-electron chi connectivity index (χ4n) is 5.55. The summed E-state index contributed by atoms with van der Waals surface area (Å²) in [5.41, 5.74) is 3.89. The van der Waals surface area contributed by atoms with E-state index in [-0.39, 0.29) is 11.8 Å². The van der Waals surface area contributed by atoms with Gasteiger partial charge < -0.3 is 14.5 Å². The Morgan fingerprint density at radius 2 is 1.71 bits per heavy atom. The summed E-state index contributed by atoms with van der Waals surface area (Å²) in [5.74, 6) is 2.41. The number of fused-ring (bicyclic) bond motifs is 1. The van der Waals surface area contributed by atoms with Crippen LogP contribution in [0, 0.1) is 20.8 Å². The third-order valence-corrected chi connectivity index (χ3v) is 7.84. The molecular formula is C32H44N6O3. The molecule has 2 aromatic carbocycles. The number of hydrogen-bond acceptors (Lipinski definition) is 6. The highest BCUT2D eigenvalue weighted by molar-refractivity contribution is 5.96. The molecule has 4 rings (SSSR count). The SMILES string of the molecule is COc1ccc(CC(=O)N2CCCN(C(C)C)CCN(C(=O)CCn3nc(C)nc3C)Cc3cccc(C)c32)cc1. The quantitative estimate of drug-likeness (QED) is 0.428. The van der Waals surface area contributed by atoms with E-state index in [1.165, 1.54) is 0 Å². The van der Waals surface area contributed by atoms with Crippen LogP contribution in [-0.4, -0.2) is 75.7 Å². The maximum atomic E-state index is 13.9. The fraction of sp³-hybridized carbons (Fsp3) is 0.500. The minimum Gasteiger partial charge on any atom is -0.497 e. The van der Waals surface area contributed by atoms with Gasteiger partial charge in [-0.1, -0.05) is 30.3 Å². The number of ether oxygens (including phenoxy) is 1. The van der Waals surface area contributed by atoms with Crippen LogP contribution in [0.25, 0.3) is 0 Å². The zero-order chi connectivity index (χ0) is 29.5. The van der Waals surface area contributed by atoms with Crippen LogP contribution < -0.4 is 9.64 Å². The zero-order valence-electron chi connectivity index (χ0n) is 25.4. The summed E-state index contributed by atoms with van der Waals surface area (Å²) in [4.78, 5) is 38.2. The van der Waals surface area contributed by atoms with Crippen molar-refractivity contribution >= 4 is 17.5 Å². The van der Waals surface area contributed by atoms with E-state index in [2.05, 4.69) is 47.9 Å². The Labute approximate surface area is 244 Å². The third-order valence-electron chi connectivity index (χ3n) is 7.84. The average molecular weight is 561 g/mol. The maximum absolute atomic E-state index is 13.9. The topological polar surface area (TPSA) is 83.8 Å². The number of amides is 2. The molecule has 0 unspecified atom stereocenters. The minimum absolute atomic E-state index is 0.0518. The molecule has 0 bridgehead atoms. The molecule has 0 saturated carbocycles. The van der Waals surface area contributed by atoms with Crippen LogP contribution in [0.15, 0.2) is 42.5 Å². The molecule has 0 atom stereocenters. The van der Waals surface area contributed by atoms with Crippen molar-refractivity contribution in [1.82, 2.24) is 24.6 Å². The minimum atomic E-state index is 0.0518. The number of aryl methyl sites for hydroxylation is 4. The molecule has 2 amide bonds. The van der Waals surface area contributed by atoms with E-state index < -0.39 is 0 Å². The molecule has 0 saturated heterocycles. The van der Waals surface area contributed by atoms with Crippen molar-refractivity contribution in [1.29, 1.82) is 0 Å². The summed E-state index contributed by atoms with van der Waals surface area (Å²) in [6.07, 6.45) is 1.48. The monoisotopic (exact) mass is 560 g/mol. The van der Waals surface area contributed by atoms with Gasteiger partial charge in [-0.3, -0.25) is 14.5 Å². The van der Waals surface area contributed by atoms with Crippen LogP contribution in [0.1, 0.15) is 55.0 Å². The lowest BCUT2D eigenvalue weighted by atomic mass is 10.0. The number of nitrogens with zero attached hydrogens (tertiary/aromatic N) is 6. The molecule has 3 aromatic rings. The van der Waals surface area contributed by atoms with Crippen LogP contribution in [0.3, 0.4) is 0 Å². The Kier molecular flexibility index (Phi) is 10.2. The Morgan fingerprint density at radius 3 is 2.37 bits per heavy atom. The van der Waals surface area contributed by atoms with Crippen molar-refractivity contribution < 1.29 is 14.3 Å². The summed E-state index contributed by atoms with van der Waals surface area (Å²) in [6, 6.07) is 14.1. The first kappa shape index (κ1) is 30.2. The van der Waals surface area contributed by atoms with E-state index in [0.29, 0.717) is 50.9 Å². The number of para-hydroxylation sites is 1. The van der Waals surface area contributed by atoms with Gasteiger partial charge in [0.05, 0.1) is 25.8 Å². The van der Waals surface area contributed by atoms with Crippen LogP contribution >= 0.6 is 0 Å². The number of carbonyl (C=O) groups excluding carboxylic acids is 2. The number of rotatable bonds is 7. The molecule has 1 aliphatic heterocycles. The summed E-state index contributed by atoms with van der Waals surface area (Å²) in [7, 11) is 1.64. The largest absolute Gasteiger partial charge is 0.497 e. The molecule has 1 aromatic heterocycles. The Balaban J connectivity index is 1.63. The summed E-state index contributed by atoms with van der Waals surface area (Å²) in [6.45, 7) is 14.0. The molecule has 9 nitrogen and oxygen atoms in total. The highest BCUT2D eigenvalue weighted by Gasteiger charge is 2.26. The van der Waals surface area contributed by atoms with Gasteiger partial charge in [-0.25, -0.2) is 9.67 Å². The highest BCUT2D eigenvalue weighted by atomic mass is 16.5. The van der Waals surface area contributed by atoms with Gasteiger partial charge in [-0.15, -0.1) is 0 Å². The van der Waals surface area contributed by atoms with Crippen LogP contribution in [0.5, 0.6) is 5.75 Å². The second-order valence-corrected chi connectivity index (χ2v) is 11.1. The second kappa shape index (κ2) is 13.8. The Morgan fingerprint density at radius 1 is 0.951 bits per heavy atom. The van der Waals surface area contributed by atoms with Crippen molar-refractivity contribution in [3.05, 3.63) is 70.8 Å². The van der Waals surface area contributed by atoms with E-state index in [0.717, 1.165) is 53.5 Å². The normalized spacial score (nSPS) is 15.0. The highest BCUT2D eigenvalue weighted by Crippen LogP contribution is 2.29. The maximum Gasteiger partial charge on any atom is 0.231 e. The molecule has 0 N–H and O–H groups in total. The van der Waals surface area contributed by atoms with Crippen molar-refractivity contribution in [2.45, 2.75) is 73.0 Å². The van der Waals surface area contributed by atoms with Crippen LogP contribution in [-0.2, 0) is 29.1 Å². The first-order valence-corrected chi connectivity index (χ1v) is 14.6. The lowest BCUT2D eigenvalue weighted by molar-refractivity contribution is -0.132. The number of benzene rings is 2. The van der Waals surface area contributed by atoms with E-state index in [9.17, 15) is 9.59 Å². The molecule has 1 aliphatic rings. The standard InChI is InChI=1S/C32H44N6O3/c1-23(2)35-16-8-17-37(31(40)21-27-11-13-29(41-6)14-12-27)32-24(3)9-7-10-28(32)22-36(20-19-35)30(39)15-18-38-26(5)33-25(4)34-38/h7,9-14,23H,8,15-22H2,1-6H3. The number of anilines is 1. The molecule has 0 aliphatic carbocycles. The van der Waals surface area contributed by atoms with Gasteiger partial charge in [0.25, 0.3) is 0 Å². The van der Waals surface area contributed by atoms with Crippen molar-refractivity contribution in [2.75, 3.05) is 38.2 Å². The van der Waals surface area contributed by atoms with E-state index >= 15 is 0 Å². The molecule has 9 heteroatoms. The molecule has 41 heavy (non-hydrogen) atoms. The lowest BCUT2D eigenvalue weighted by Gasteiger charge is -2.30. The Bertz CT molecular complexity index is 1330. The van der Waals surface area contributed by atoms with E-state index in [1.54, 1.807) is 11.8 Å². The summed E-state index contributed by atoms with van der Waals surface area (Å²) < 4.78 is 7.09. The first-order chi connectivity index (χ1) is 19.7. The number of aromatic nitrogens is 3. The summed E-state index contributed by atoms with van der Waals surface area (Å²) >= 11 is 0. The second-order valence-electron chi connectivity index (χ2n) is 11.1. The zero-order valence-corrected chi connectivity index (χ0v) is 25.4. The summed E-state index contributed by atoms with van der Waals surface area (Å²) in [5, 5.41) is 4.43.